The molecule has 2 aromatic rings. The first-order valence-corrected chi connectivity index (χ1v) is 6.91. The van der Waals surface area contributed by atoms with E-state index >= 15 is 0 Å². The van der Waals surface area contributed by atoms with Crippen LogP contribution in [0, 0.1) is 5.82 Å². The molecule has 0 heterocycles. The number of benzene rings is 2. The standard InChI is InChI=1S/C17H18FNO3/c1-12(22-16-9-5-14(18)6-10-16)17(20)19-11-13-3-7-15(21-2)8-4-13/h3-10,12H,11H2,1-2H3,(H,19,20). The maximum atomic E-state index is 12.8. The molecule has 116 valence electrons. The molecule has 2 aromatic carbocycles. The molecule has 0 aliphatic heterocycles. The molecule has 0 saturated heterocycles. The third-order valence-corrected chi connectivity index (χ3v) is 3.12. The first kappa shape index (κ1) is 15.8. The zero-order valence-electron chi connectivity index (χ0n) is 12.5. The average molecular weight is 303 g/mol. The Hall–Kier alpha value is -2.56. The SMILES string of the molecule is COc1ccc(CNC(=O)C(C)Oc2ccc(F)cc2)cc1. The molecule has 0 aromatic heterocycles. The van der Waals surface area contributed by atoms with Gasteiger partial charge < -0.3 is 14.8 Å². The number of amides is 1. The van der Waals surface area contributed by atoms with Crippen molar-refractivity contribution in [2.75, 3.05) is 7.11 Å². The normalized spacial score (nSPS) is 11.6. The molecular weight excluding hydrogens is 285 g/mol. The van der Waals surface area contributed by atoms with Crippen LogP contribution in [0.15, 0.2) is 48.5 Å². The van der Waals surface area contributed by atoms with Crippen LogP contribution in [0.3, 0.4) is 0 Å². The highest BCUT2D eigenvalue weighted by Crippen LogP contribution is 2.13. The topological polar surface area (TPSA) is 47.6 Å². The van der Waals surface area contributed by atoms with Gasteiger partial charge in [-0.05, 0) is 48.9 Å². The van der Waals surface area contributed by atoms with E-state index in [2.05, 4.69) is 5.32 Å². The Balaban J connectivity index is 1.84. The van der Waals surface area contributed by atoms with Gasteiger partial charge in [-0.1, -0.05) is 12.1 Å². The Morgan fingerprint density at radius 1 is 1.09 bits per heavy atom. The summed E-state index contributed by atoms with van der Waals surface area (Å²) < 4.78 is 23.3. The lowest BCUT2D eigenvalue weighted by Crippen LogP contribution is -2.35. The molecule has 1 atom stereocenters. The van der Waals surface area contributed by atoms with Gasteiger partial charge in [0.2, 0.25) is 0 Å². The van der Waals surface area contributed by atoms with Gasteiger partial charge in [0.25, 0.3) is 5.91 Å². The lowest BCUT2D eigenvalue weighted by molar-refractivity contribution is -0.127. The Labute approximate surface area is 128 Å². The van der Waals surface area contributed by atoms with Crippen molar-refractivity contribution < 1.29 is 18.7 Å². The summed E-state index contributed by atoms with van der Waals surface area (Å²) >= 11 is 0. The quantitative estimate of drug-likeness (QED) is 0.892. The van der Waals surface area contributed by atoms with E-state index in [0.717, 1.165) is 11.3 Å². The van der Waals surface area contributed by atoms with Gasteiger partial charge in [-0.25, -0.2) is 4.39 Å². The number of carbonyl (C=O) groups excluding carboxylic acids is 1. The molecule has 1 N–H and O–H groups in total. The van der Waals surface area contributed by atoms with Gasteiger partial charge in [0.05, 0.1) is 7.11 Å². The van der Waals surface area contributed by atoms with Crippen molar-refractivity contribution in [3.8, 4) is 11.5 Å². The molecule has 4 nitrogen and oxygen atoms in total. The fraction of sp³-hybridized carbons (Fsp3) is 0.235. The zero-order chi connectivity index (χ0) is 15.9. The van der Waals surface area contributed by atoms with Crippen LogP contribution in [-0.2, 0) is 11.3 Å². The minimum Gasteiger partial charge on any atom is -0.497 e. The van der Waals surface area contributed by atoms with E-state index in [0.29, 0.717) is 12.3 Å². The van der Waals surface area contributed by atoms with E-state index in [9.17, 15) is 9.18 Å². The van der Waals surface area contributed by atoms with Gasteiger partial charge in [0, 0.05) is 6.54 Å². The molecule has 0 spiro atoms. The number of halogens is 1. The molecule has 22 heavy (non-hydrogen) atoms. The largest absolute Gasteiger partial charge is 0.497 e. The first-order chi connectivity index (χ1) is 10.6. The second-order valence-electron chi connectivity index (χ2n) is 4.78. The Bertz CT molecular complexity index is 611. The van der Waals surface area contributed by atoms with E-state index < -0.39 is 6.10 Å². The summed E-state index contributed by atoms with van der Waals surface area (Å²) in [5, 5.41) is 2.79. The van der Waals surface area contributed by atoms with Crippen LogP contribution in [0.2, 0.25) is 0 Å². The summed E-state index contributed by atoms with van der Waals surface area (Å²) in [5.41, 5.74) is 0.961. The fourth-order valence-electron chi connectivity index (χ4n) is 1.85. The minimum absolute atomic E-state index is 0.236. The molecule has 0 aliphatic carbocycles. The average Bonchev–Trinajstić information content (AvgIpc) is 2.55. The number of hydrogen-bond acceptors (Lipinski definition) is 3. The monoisotopic (exact) mass is 303 g/mol. The number of nitrogens with one attached hydrogen (secondary N) is 1. The van der Waals surface area contributed by atoms with Gasteiger partial charge in [-0.15, -0.1) is 0 Å². The van der Waals surface area contributed by atoms with E-state index in [-0.39, 0.29) is 11.7 Å². The predicted molar refractivity (Wildman–Crippen MR) is 81.3 cm³/mol. The second kappa shape index (κ2) is 7.45. The fourth-order valence-corrected chi connectivity index (χ4v) is 1.85. The van der Waals surface area contributed by atoms with Gasteiger partial charge in [0.15, 0.2) is 6.10 Å². The maximum Gasteiger partial charge on any atom is 0.261 e. The maximum absolute atomic E-state index is 12.8. The van der Waals surface area contributed by atoms with Gasteiger partial charge >= 0.3 is 0 Å². The molecule has 1 amide bonds. The van der Waals surface area contributed by atoms with Crippen molar-refractivity contribution in [1.82, 2.24) is 5.32 Å². The van der Waals surface area contributed by atoms with Crippen molar-refractivity contribution in [2.45, 2.75) is 19.6 Å². The number of methoxy groups -OCH3 is 1. The summed E-state index contributed by atoms with van der Waals surface area (Å²) in [4.78, 5) is 12.0. The van der Waals surface area contributed by atoms with Crippen molar-refractivity contribution in [3.05, 3.63) is 59.9 Å². The zero-order valence-corrected chi connectivity index (χ0v) is 12.5. The van der Waals surface area contributed by atoms with Crippen LogP contribution in [-0.4, -0.2) is 19.1 Å². The van der Waals surface area contributed by atoms with Crippen molar-refractivity contribution >= 4 is 5.91 Å². The Kier molecular flexibility index (Phi) is 5.36. The van der Waals surface area contributed by atoms with Crippen LogP contribution in [0.25, 0.3) is 0 Å². The van der Waals surface area contributed by atoms with Crippen LogP contribution >= 0.6 is 0 Å². The summed E-state index contributed by atoms with van der Waals surface area (Å²) in [5.74, 6) is 0.640. The van der Waals surface area contributed by atoms with Crippen LogP contribution in [0.4, 0.5) is 4.39 Å². The molecule has 0 saturated carbocycles. The van der Waals surface area contributed by atoms with Crippen LogP contribution in [0.5, 0.6) is 11.5 Å². The van der Waals surface area contributed by atoms with E-state index in [1.54, 1.807) is 14.0 Å². The number of ether oxygens (including phenoxy) is 2. The molecule has 0 fully saturated rings. The summed E-state index contributed by atoms with van der Waals surface area (Å²) in [6, 6.07) is 13.0. The second-order valence-corrected chi connectivity index (χ2v) is 4.78. The van der Waals surface area contributed by atoms with Gasteiger partial charge in [-0.2, -0.15) is 0 Å². The number of carbonyl (C=O) groups is 1. The van der Waals surface area contributed by atoms with E-state index in [1.807, 2.05) is 24.3 Å². The molecule has 1 unspecified atom stereocenters. The highest BCUT2D eigenvalue weighted by molar-refractivity contribution is 5.80. The third kappa shape index (κ3) is 4.48. The minimum atomic E-state index is -0.663. The lowest BCUT2D eigenvalue weighted by atomic mass is 10.2. The molecule has 0 radical (unpaired) electrons. The van der Waals surface area contributed by atoms with Gasteiger partial charge in [-0.3, -0.25) is 4.79 Å². The smallest absolute Gasteiger partial charge is 0.261 e. The molecule has 2 rings (SSSR count). The highest BCUT2D eigenvalue weighted by Gasteiger charge is 2.14. The van der Waals surface area contributed by atoms with Crippen LogP contribution < -0.4 is 14.8 Å². The molecule has 0 bridgehead atoms. The summed E-state index contributed by atoms with van der Waals surface area (Å²) in [6.07, 6.45) is -0.663. The predicted octanol–water partition coefficient (Wildman–Crippen LogP) is 2.92. The number of rotatable bonds is 6. The molecule has 0 aliphatic rings. The van der Waals surface area contributed by atoms with Crippen LogP contribution in [0.1, 0.15) is 12.5 Å². The Morgan fingerprint density at radius 2 is 1.68 bits per heavy atom. The Morgan fingerprint density at radius 3 is 2.27 bits per heavy atom. The lowest BCUT2D eigenvalue weighted by Gasteiger charge is -2.14. The van der Waals surface area contributed by atoms with Crippen molar-refractivity contribution in [1.29, 1.82) is 0 Å². The van der Waals surface area contributed by atoms with E-state index in [4.69, 9.17) is 9.47 Å². The van der Waals surface area contributed by atoms with Gasteiger partial charge in [0.1, 0.15) is 17.3 Å². The highest BCUT2D eigenvalue weighted by atomic mass is 19.1. The van der Waals surface area contributed by atoms with E-state index in [1.165, 1.54) is 24.3 Å². The number of hydrogen-bond donors (Lipinski definition) is 1. The summed E-state index contributed by atoms with van der Waals surface area (Å²) in [6.45, 7) is 2.05. The summed E-state index contributed by atoms with van der Waals surface area (Å²) in [7, 11) is 1.60. The van der Waals surface area contributed by atoms with Crippen molar-refractivity contribution in [2.24, 2.45) is 0 Å². The third-order valence-electron chi connectivity index (χ3n) is 3.12. The molecule has 5 heteroatoms. The van der Waals surface area contributed by atoms with Crippen molar-refractivity contribution in [3.63, 3.8) is 0 Å². The molecular formula is C17H18FNO3. The first-order valence-electron chi connectivity index (χ1n) is 6.91.